The molecule has 0 bridgehead atoms. The summed E-state index contributed by atoms with van der Waals surface area (Å²) < 4.78 is 6.36. The number of hydrogen-bond donors (Lipinski definition) is 0. The van der Waals surface area contributed by atoms with Crippen LogP contribution in [-0.2, 0) is 9.53 Å². The molecule has 5 nitrogen and oxygen atoms in total. The van der Waals surface area contributed by atoms with E-state index in [4.69, 9.17) is 4.74 Å². The first kappa shape index (κ1) is 15.9. The van der Waals surface area contributed by atoms with E-state index in [1.54, 1.807) is 6.92 Å². The third kappa shape index (κ3) is 3.61. The Hall–Kier alpha value is -2.43. The average molecular weight is 300 g/mol. The van der Waals surface area contributed by atoms with Gasteiger partial charge in [-0.2, -0.15) is 5.10 Å². The van der Waals surface area contributed by atoms with Gasteiger partial charge in [0.2, 0.25) is 0 Å². The topological polar surface area (TPSA) is 61.2 Å². The van der Waals surface area contributed by atoms with Gasteiger partial charge in [-0.25, -0.2) is 4.68 Å². The van der Waals surface area contributed by atoms with Gasteiger partial charge < -0.3 is 4.74 Å². The summed E-state index contributed by atoms with van der Waals surface area (Å²) in [6.07, 6.45) is 0.00896. The van der Waals surface area contributed by atoms with E-state index in [0.29, 0.717) is 6.61 Å². The minimum Gasteiger partial charge on any atom is -0.466 e. The molecule has 22 heavy (non-hydrogen) atoms. The van der Waals surface area contributed by atoms with Crippen LogP contribution in [0.25, 0.3) is 0 Å². The molecular weight excluding hydrogens is 280 g/mol. The molecule has 2 aromatic rings. The number of carbonyl (C=O) groups excluding carboxylic acids is 2. The zero-order chi connectivity index (χ0) is 16.1. The van der Waals surface area contributed by atoms with Gasteiger partial charge in [0.05, 0.1) is 24.6 Å². The van der Waals surface area contributed by atoms with Crippen LogP contribution in [0.5, 0.6) is 0 Å². The van der Waals surface area contributed by atoms with E-state index in [-0.39, 0.29) is 18.3 Å². The first-order valence-corrected chi connectivity index (χ1v) is 7.31. The maximum Gasteiger partial charge on any atom is 0.306 e. The van der Waals surface area contributed by atoms with Crippen LogP contribution in [0.3, 0.4) is 0 Å². The molecule has 0 radical (unpaired) electrons. The number of esters is 1. The van der Waals surface area contributed by atoms with Crippen molar-refractivity contribution >= 4 is 11.9 Å². The Labute approximate surface area is 129 Å². The molecule has 116 valence electrons. The van der Waals surface area contributed by atoms with Crippen LogP contribution in [0.4, 0.5) is 0 Å². The van der Waals surface area contributed by atoms with Crippen molar-refractivity contribution in [3.05, 3.63) is 53.3 Å². The van der Waals surface area contributed by atoms with Gasteiger partial charge in [0, 0.05) is 5.69 Å². The Kier molecular flexibility index (Phi) is 5.09. The van der Waals surface area contributed by atoms with E-state index in [1.165, 1.54) is 4.68 Å². The number of aryl methyl sites for hydroxylation is 2. The van der Waals surface area contributed by atoms with Crippen molar-refractivity contribution in [3.8, 4) is 0 Å². The number of carbonyl (C=O) groups is 2. The first-order valence-electron chi connectivity index (χ1n) is 7.31. The second-order valence-electron chi connectivity index (χ2n) is 5.15. The highest BCUT2D eigenvalue weighted by atomic mass is 16.5. The fourth-order valence-electron chi connectivity index (χ4n) is 2.42. The zero-order valence-corrected chi connectivity index (χ0v) is 13.1. The lowest BCUT2D eigenvalue weighted by Crippen LogP contribution is -2.25. The monoisotopic (exact) mass is 300 g/mol. The van der Waals surface area contributed by atoms with E-state index in [1.807, 2.05) is 50.2 Å². The van der Waals surface area contributed by atoms with E-state index >= 15 is 0 Å². The predicted molar refractivity (Wildman–Crippen MR) is 82.8 cm³/mol. The molecule has 0 saturated heterocycles. The second-order valence-corrected chi connectivity index (χ2v) is 5.15. The molecule has 0 fully saturated rings. The highest BCUT2D eigenvalue weighted by Crippen LogP contribution is 2.23. The summed E-state index contributed by atoms with van der Waals surface area (Å²) in [6, 6.07) is 11.1. The van der Waals surface area contributed by atoms with E-state index < -0.39 is 5.92 Å². The van der Waals surface area contributed by atoms with Crippen molar-refractivity contribution in [2.75, 3.05) is 6.61 Å². The molecule has 1 aromatic carbocycles. The van der Waals surface area contributed by atoms with Gasteiger partial charge in [-0.1, -0.05) is 30.3 Å². The first-order chi connectivity index (χ1) is 10.5. The molecule has 0 aliphatic rings. The SMILES string of the molecule is CCOC(=O)CC(C(=O)n1nc(C)cc1C)c1ccccc1. The molecular formula is C17H20N2O3. The van der Waals surface area contributed by atoms with Crippen LogP contribution in [0, 0.1) is 13.8 Å². The normalized spacial score (nSPS) is 12.0. The highest BCUT2D eigenvalue weighted by molar-refractivity contribution is 5.89. The Morgan fingerprint density at radius 2 is 1.91 bits per heavy atom. The summed E-state index contributed by atoms with van der Waals surface area (Å²) in [4.78, 5) is 24.7. The highest BCUT2D eigenvalue weighted by Gasteiger charge is 2.27. The lowest BCUT2D eigenvalue weighted by atomic mass is 9.95. The van der Waals surface area contributed by atoms with Gasteiger partial charge in [0.15, 0.2) is 0 Å². The van der Waals surface area contributed by atoms with Crippen LogP contribution in [0.15, 0.2) is 36.4 Å². The second kappa shape index (κ2) is 7.02. The van der Waals surface area contributed by atoms with Crippen LogP contribution in [0.1, 0.15) is 41.0 Å². The molecule has 0 spiro atoms. The number of benzene rings is 1. The standard InChI is InChI=1S/C17H20N2O3/c1-4-22-16(20)11-15(14-8-6-5-7-9-14)17(21)19-13(3)10-12(2)18-19/h5-10,15H,4,11H2,1-3H3. The Bertz CT molecular complexity index is 662. The maximum absolute atomic E-state index is 12.8. The molecule has 1 heterocycles. The van der Waals surface area contributed by atoms with Gasteiger partial charge in [-0.15, -0.1) is 0 Å². The third-order valence-electron chi connectivity index (χ3n) is 3.39. The molecule has 0 aliphatic carbocycles. The molecule has 2 rings (SSSR count). The van der Waals surface area contributed by atoms with E-state index in [2.05, 4.69) is 5.10 Å². The zero-order valence-electron chi connectivity index (χ0n) is 13.1. The smallest absolute Gasteiger partial charge is 0.306 e. The fraction of sp³-hybridized carbons (Fsp3) is 0.353. The predicted octanol–water partition coefficient (Wildman–Crippen LogP) is 2.88. The van der Waals surface area contributed by atoms with Crippen molar-refractivity contribution in [3.63, 3.8) is 0 Å². The third-order valence-corrected chi connectivity index (χ3v) is 3.39. The average Bonchev–Trinajstić information content (AvgIpc) is 2.84. The van der Waals surface area contributed by atoms with Crippen molar-refractivity contribution in [2.45, 2.75) is 33.1 Å². The number of nitrogens with zero attached hydrogens (tertiary/aromatic N) is 2. The molecule has 0 N–H and O–H groups in total. The van der Waals surface area contributed by atoms with Crippen molar-refractivity contribution in [1.82, 2.24) is 9.78 Å². The minimum absolute atomic E-state index is 0.00896. The van der Waals surface area contributed by atoms with Crippen LogP contribution < -0.4 is 0 Å². The lowest BCUT2D eigenvalue weighted by molar-refractivity contribution is -0.143. The molecule has 0 saturated carbocycles. The van der Waals surface area contributed by atoms with Gasteiger partial charge in [-0.3, -0.25) is 9.59 Å². The Balaban J connectivity index is 2.33. The van der Waals surface area contributed by atoms with Crippen molar-refractivity contribution < 1.29 is 14.3 Å². The van der Waals surface area contributed by atoms with Crippen molar-refractivity contribution in [1.29, 1.82) is 0 Å². The summed E-state index contributed by atoms with van der Waals surface area (Å²) in [6.45, 7) is 5.71. The maximum atomic E-state index is 12.8. The van der Waals surface area contributed by atoms with Gasteiger partial charge in [-0.05, 0) is 32.4 Å². The van der Waals surface area contributed by atoms with Crippen LogP contribution >= 0.6 is 0 Å². The van der Waals surface area contributed by atoms with Crippen molar-refractivity contribution in [2.24, 2.45) is 0 Å². The molecule has 5 heteroatoms. The molecule has 0 aliphatic heterocycles. The number of ether oxygens (including phenoxy) is 1. The quantitative estimate of drug-likeness (QED) is 0.797. The van der Waals surface area contributed by atoms with Gasteiger partial charge >= 0.3 is 5.97 Å². The lowest BCUT2D eigenvalue weighted by Gasteiger charge is -2.16. The minimum atomic E-state index is -0.599. The largest absolute Gasteiger partial charge is 0.466 e. The molecule has 1 atom stereocenters. The Morgan fingerprint density at radius 3 is 2.45 bits per heavy atom. The molecule has 0 amide bonds. The van der Waals surface area contributed by atoms with Crippen LogP contribution in [-0.4, -0.2) is 28.3 Å². The number of rotatable bonds is 5. The summed E-state index contributed by atoms with van der Waals surface area (Å²) in [5.41, 5.74) is 2.31. The summed E-state index contributed by atoms with van der Waals surface area (Å²) in [5.74, 6) is -1.20. The molecule has 1 unspecified atom stereocenters. The van der Waals surface area contributed by atoms with E-state index in [9.17, 15) is 9.59 Å². The molecule has 1 aromatic heterocycles. The fourth-order valence-corrected chi connectivity index (χ4v) is 2.42. The van der Waals surface area contributed by atoms with E-state index in [0.717, 1.165) is 17.0 Å². The summed E-state index contributed by atoms with van der Waals surface area (Å²) in [7, 11) is 0. The summed E-state index contributed by atoms with van der Waals surface area (Å²) in [5, 5.41) is 4.22. The van der Waals surface area contributed by atoms with Gasteiger partial charge in [0.25, 0.3) is 5.91 Å². The van der Waals surface area contributed by atoms with Gasteiger partial charge in [0.1, 0.15) is 0 Å². The summed E-state index contributed by atoms with van der Waals surface area (Å²) >= 11 is 0. The number of hydrogen-bond acceptors (Lipinski definition) is 4. The van der Waals surface area contributed by atoms with Crippen LogP contribution in [0.2, 0.25) is 0 Å². The number of aromatic nitrogens is 2. The Morgan fingerprint density at radius 1 is 1.23 bits per heavy atom.